The molecule has 3 rings (SSSR count). The van der Waals surface area contributed by atoms with Gasteiger partial charge in [0.2, 0.25) is 0 Å². The molecule has 0 unspecified atom stereocenters. The predicted octanol–water partition coefficient (Wildman–Crippen LogP) is 6.55. The number of hydrogen-bond acceptors (Lipinski definition) is 3. The van der Waals surface area contributed by atoms with Crippen LogP contribution in [0.15, 0.2) is 72.9 Å². The first-order valence-electron chi connectivity index (χ1n) is 11.2. The number of nitrogens with zero attached hydrogens (tertiary/aromatic N) is 1. The SMILES string of the molecule is CC(C)c1cccc(C(C)C)c1NC(=O)NCc1cccc(C(=O)C=Cc2ccccn2)c1. The van der Waals surface area contributed by atoms with Gasteiger partial charge in [-0.1, -0.05) is 70.2 Å². The van der Waals surface area contributed by atoms with E-state index in [2.05, 4.69) is 55.4 Å². The number of anilines is 1. The van der Waals surface area contributed by atoms with Crippen molar-refractivity contribution in [1.29, 1.82) is 0 Å². The maximum Gasteiger partial charge on any atom is 0.319 e. The molecular weight excluding hydrogens is 410 g/mol. The summed E-state index contributed by atoms with van der Waals surface area (Å²) in [5.74, 6) is 0.473. The first-order chi connectivity index (χ1) is 15.8. The zero-order valence-electron chi connectivity index (χ0n) is 19.6. The highest BCUT2D eigenvalue weighted by molar-refractivity contribution is 6.06. The van der Waals surface area contributed by atoms with Crippen LogP contribution in [0, 0.1) is 0 Å². The van der Waals surface area contributed by atoms with Crippen LogP contribution in [0.1, 0.15) is 72.3 Å². The molecule has 1 heterocycles. The van der Waals surface area contributed by atoms with E-state index in [-0.39, 0.29) is 11.8 Å². The Morgan fingerprint density at radius 3 is 2.24 bits per heavy atom. The summed E-state index contributed by atoms with van der Waals surface area (Å²) >= 11 is 0. The van der Waals surface area contributed by atoms with Gasteiger partial charge in [-0.05, 0) is 58.9 Å². The molecule has 0 fully saturated rings. The number of nitrogens with one attached hydrogen (secondary N) is 2. The molecule has 2 N–H and O–H groups in total. The number of carbonyl (C=O) groups is 2. The first kappa shape index (κ1) is 23.9. The zero-order chi connectivity index (χ0) is 23.8. The van der Waals surface area contributed by atoms with E-state index in [1.807, 2.05) is 36.4 Å². The normalized spacial score (nSPS) is 11.2. The van der Waals surface area contributed by atoms with Crippen molar-refractivity contribution in [2.45, 2.75) is 46.1 Å². The molecule has 0 aliphatic heterocycles. The second-order valence-electron chi connectivity index (χ2n) is 8.58. The van der Waals surface area contributed by atoms with Gasteiger partial charge in [0.25, 0.3) is 0 Å². The van der Waals surface area contributed by atoms with Gasteiger partial charge in [0, 0.05) is 24.0 Å². The van der Waals surface area contributed by atoms with Crippen LogP contribution in [0.4, 0.5) is 10.5 Å². The Morgan fingerprint density at radius 2 is 1.61 bits per heavy atom. The Labute approximate surface area is 196 Å². The van der Waals surface area contributed by atoms with E-state index in [0.717, 1.165) is 28.1 Å². The molecule has 1 aromatic heterocycles. The van der Waals surface area contributed by atoms with E-state index in [4.69, 9.17) is 0 Å². The zero-order valence-corrected chi connectivity index (χ0v) is 19.6. The summed E-state index contributed by atoms with van der Waals surface area (Å²) in [6.45, 7) is 8.79. The van der Waals surface area contributed by atoms with Crippen molar-refractivity contribution in [2.75, 3.05) is 5.32 Å². The summed E-state index contributed by atoms with van der Waals surface area (Å²) < 4.78 is 0. The first-order valence-corrected chi connectivity index (χ1v) is 11.2. The highest BCUT2D eigenvalue weighted by Crippen LogP contribution is 2.32. The van der Waals surface area contributed by atoms with E-state index in [1.165, 1.54) is 6.08 Å². The smallest absolute Gasteiger partial charge is 0.319 e. The fraction of sp³-hybridized carbons (Fsp3) is 0.250. The van der Waals surface area contributed by atoms with Crippen LogP contribution in [0.25, 0.3) is 6.08 Å². The molecule has 33 heavy (non-hydrogen) atoms. The molecule has 5 heteroatoms. The molecule has 2 aromatic carbocycles. The third-order valence-corrected chi connectivity index (χ3v) is 5.37. The van der Waals surface area contributed by atoms with Crippen LogP contribution in [0.5, 0.6) is 0 Å². The average molecular weight is 442 g/mol. The van der Waals surface area contributed by atoms with Crippen molar-refractivity contribution in [3.8, 4) is 0 Å². The highest BCUT2D eigenvalue weighted by atomic mass is 16.2. The topological polar surface area (TPSA) is 71.1 Å². The van der Waals surface area contributed by atoms with Crippen molar-refractivity contribution in [2.24, 2.45) is 0 Å². The minimum Gasteiger partial charge on any atom is -0.334 e. The number of carbonyl (C=O) groups excluding carboxylic acids is 2. The number of para-hydroxylation sites is 1. The third kappa shape index (κ3) is 6.62. The molecule has 0 bridgehead atoms. The van der Waals surface area contributed by atoms with Crippen molar-refractivity contribution in [3.63, 3.8) is 0 Å². The lowest BCUT2D eigenvalue weighted by molar-refractivity contribution is 0.104. The number of ketones is 1. The van der Waals surface area contributed by atoms with E-state index >= 15 is 0 Å². The molecule has 0 spiro atoms. The standard InChI is InChI=1S/C28H31N3O2/c1-19(2)24-12-8-13-25(20(3)4)27(24)31-28(33)30-18-21-9-7-10-22(17-21)26(32)15-14-23-11-5-6-16-29-23/h5-17,19-20H,18H2,1-4H3,(H2,30,31,33). The molecule has 0 saturated carbocycles. The monoisotopic (exact) mass is 441 g/mol. The average Bonchev–Trinajstić information content (AvgIpc) is 2.82. The Hall–Kier alpha value is -3.73. The lowest BCUT2D eigenvalue weighted by Gasteiger charge is -2.20. The summed E-state index contributed by atoms with van der Waals surface area (Å²) in [4.78, 5) is 29.4. The van der Waals surface area contributed by atoms with Crippen LogP contribution in [-0.2, 0) is 6.54 Å². The molecule has 3 aromatic rings. The van der Waals surface area contributed by atoms with Crippen LogP contribution in [0.2, 0.25) is 0 Å². The van der Waals surface area contributed by atoms with Crippen molar-refractivity contribution in [3.05, 3.63) is 101 Å². The van der Waals surface area contributed by atoms with Gasteiger partial charge in [0.05, 0.1) is 5.69 Å². The van der Waals surface area contributed by atoms with Gasteiger partial charge < -0.3 is 10.6 Å². The molecule has 0 aliphatic carbocycles. The third-order valence-electron chi connectivity index (χ3n) is 5.37. The maximum atomic E-state index is 12.7. The van der Waals surface area contributed by atoms with Gasteiger partial charge in [-0.25, -0.2) is 4.79 Å². The number of aromatic nitrogens is 1. The Morgan fingerprint density at radius 1 is 0.909 bits per heavy atom. The number of rotatable bonds is 8. The van der Waals surface area contributed by atoms with Crippen LogP contribution >= 0.6 is 0 Å². The maximum absolute atomic E-state index is 12.7. The Bertz CT molecular complexity index is 1110. The second-order valence-corrected chi connectivity index (χ2v) is 8.58. The second kappa shape index (κ2) is 11.2. The van der Waals surface area contributed by atoms with Crippen LogP contribution < -0.4 is 10.6 Å². The Balaban J connectivity index is 1.66. The van der Waals surface area contributed by atoms with E-state index in [1.54, 1.807) is 24.4 Å². The summed E-state index contributed by atoms with van der Waals surface area (Å²) in [5, 5.41) is 5.97. The predicted molar refractivity (Wildman–Crippen MR) is 135 cm³/mol. The lowest BCUT2D eigenvalue weighted by atomic mass is 9.93. The van der Waals surface area contributed by atoms with Gasteiger partial charge in [-0.2, -0.15) is 0 Å². The van der Waals surface area contributed by atoms with Gasteiger partial charge >= 0.3 is 6.03 Å². The molecule has 2 amide bonds. The van der Waals surface area contributed by atoms with Gasteiger partial charge in [-0.15, -0.1) is 0 Å². The van der Waals surface area contributed by atoms with Crippen molar-refractivity contribution in [1.82, 2.24) is 10.3 Å². The number of hydrogen-bond donors (Lipinski definition) is 2. The lowest BCUT2D eigenvalue weighted by Crippen LogP contribution is -2.29. The molecule has 5 nitrogen and oxygen atoms in total. The number of urea groups is 1. The molecule has 170 valence electrons. The fourth-order valence-electron chi connectivity index (χ4n) is 3.60. The summed E-state index contributed by atoms with van der Waals surface area (Å²) in [6, 6.07) is 18.7. The summed E-state index contributed by atoms with van der Waals surface area (Å²) in [7, 11) is 0. The molecule has 0 aliphatic rings. The van der Waals surface area contributed by atoms with E-state index < -0.39 is 0 Å². The van der Waals surface area contributed by atoms with Crippen molar-refractivity contribution >= 4 is 23.6 Å². The number of pyridine rings is 1. The number of benzene rings is 2. The fourth-order valence-corrected chi connectivity index (χ4v) is 3.60. The summed E-state index contributed by atoms with van der Waals surface area (Å²) in [6.07, 6.45) is 4.89. The summed E-state index contributed by atoms with van der Waals surface area (Å²) in [5.41, 5.74) is 5.25. The Kier molecular flexibility index (Phi) is 8.14. The van der Waals surface area contributed by atoms with E-state index in [9.17, 15) is 9.59 Å². The largest absolute Gasteiger partial charge is 0.334 e. The molecule has 0 radical (unpaired) electrons. The molecular formula is C28H31N3O2. The van der Waals surface area contributed by atoms with Crippen molar-refractivity contribution < 1.29 is 9.59 Å². The van der Waals surface area contributed by atoms with Gasteiger partial charge in [-0.3, -0.25) is 9.78 Å². The minimum absolute atomic E-state index is 0.112. The number of amides is 2. The van der Waals surface area contributed by atoms with Crippen LogP contribution in [-0.4, -0.2) is 16.8 Å². The highest BCUT2D eigenvalue weighted by Gasteiger charge is 2.16. The van der Waals surface area contributed by atoms with Gasteiger partial charge in [0.15, 0.2) is 5.78 Å². The van der Waals surface area contributed by atoms with E-state index in [0.29, 0.717) is 23.9 Å². The van der Waals surface area contributed by atoms with Crippen LogP contribution in [0.3, 0.4) is 0 Å². The number of allylic oxidation sites excluding steroid dienone is 1. The molecule has 0 saturated heterocycles. The minimum atomic E-state index is -0.267. The quantitative estimate of drug-likeness (QED) is 0.308. The van der Waals surface area contributed by atoms with Gasteiger partial charge in [0.1, 0.15) is 0 Å². The molecule has 0 atom stereocenters.